The summed E-state index contributed by atoms with van der Waals surface area (Å²) in [6, 6.07) is 6.49. The predicted octanol–water partition coefficient (Wildman–Crippen LogP) is 2.15. The fourth-order valence-electron chi connectivity index (χ4n) is 3.08. The van der Waals surface area contributed by atoms with Gasteiger partial charge in [0.15, 0.2) is 0 Å². The molecule has 0 spiro atoms. The molecule has 2 atom stereocenters. The van der Waals surface area contributed by atoms with Crippen molar-refractivity contribution in [2.75, 3.05) is 19.7 Å². The van der Waals surface area contributed by atoms with E-state index in [1.165, 1.54) is 12.1 Å². The third kappa shape index (κ3) is 2.77. The monoisotopic (exact) mass is 278 g/mol. The van der Waals surface area contributed by atoms with Gasteiger partial charge in [-0.15, -0.1) is 0 Å². The topological polar surface area (TPSA) is 41.6 Å². The second-order valence-corrected chi connectivity index (χ2v) is 5.51. The zero-order valence-electron chi connectivity index (χ0n) is 11.3. The van der Waals surface area contributed by atoms with Gasteiger partial charge < -0.3 is 10.1 Å². The molecule has 4 nitrogen and oxygen atoms in total. The Labute approximate surface area is 117 Å². The molecule has 1 N–H and O–H groups in total. The summed E-state index contributed by atoms with van der Waals surface area (Å²) in [7, 11) is 0. The Kier molecular flexibility index (Phi) is 3.87. The van der Waals surface area contributed by atoms with Gasteiger partial charge >= 0.3 is 6.09 Å². The Bertz CT molecular complexity index is 489. The van der Waals surface area contributed by atoms with E-state index in [1.54, 1.807) is 11.0 Å². The van der Waals surface area contributed by atoms with Crippen molar-refractivity contribution in [3.05, 3.63) is 35.6 Å². The highest BCUT2D eigenvalue weighted by Crippen LogP contribution is 2.26. The first-order valence-corrected chi connectivity index (χ1v) is 7.12. The number of nitrogens with zero attached hydrogens (tertiary/aromatic N) is 1. The van der Waals surface area contributed by atoms with Gasteiger partial charge in [-0.3, -0.25) is 4.90 Å². The van der Waals surface area contributed by atoms with E-state index in [1.807, 2.05) is 6.07 Å². The lowest BCUT2D eigenvalue weighted by Crippen LogP contribution is -2.45. The average molecular weight is 278 g/mol. The number of hydrogen-bond donors (Lipinski definition) is 1. The smallest absolute Gasteiger partial charge is 0.410 e. The van der Waals surface area contributed by atoms with Gasteiger partial charge in [-0.05, 0) is 43.0 Å². The summed E-state index contributed by atoms with van der Waals surface area (Å²) in [5.74, 6) is 0.148. The van der Waals surface area contributed by atoms with Crippen molar-refractivity contribution >= 4 is 6.09 Å². The van der Waals surface area contributed by atoms with Gasteiger partial charge in [0, 0.05) is 13.1 Å². The van der Waals surface area contributed by atoms with E-state index in [0.717, 1.165) is 31.5 Å². The molecule has 2 fully saturated rings. The van der Waals surface area contributed by atoms with Gasteiger partial charge in [0.05, 0.1) is 6.04 Å². The molecule has 0 saturated carbocycles. The molecule has 20 heavy (non-hydrogen) atoms. The fraction of sp³-hybridized carbons (Fsp3) is 0.533. The Morgan fingerprint density at radius 1 is 1.45 bits per heavy atom. The minimum Gasteiger partial charge on any atom is -0.447 e. The summed E-state index contributed by atoms with van der Waals surface area (Å²) in [4.78, 5) is 13.6. The van der Waals surface area contributed by atoms with Crippen LogP contribution in [0, 0.1) is 11.7 Å². The Morgan fingerprint density at radius 2 is 2.35 bits per heavy atom. The average Bonchev–Trinajstić information content (AvgIpc) is 2.81. The fourth-order valence-corrected chi connectivity index (χ4v) is 3.08. The van der Waals surface area contributed by atoms with E-state index in [-0.39, 0.29) is 18.0 Å². The number of carbonyl (C=O) groups is 1. The van der Waals surface area contributed by atoms with Gasteiger partial charge in [0.25, 0.3) is 0 Å². The van der Waals surface area contributed by atoms with Crippen LogP contribution in [0.4, 0.5) is 9.18 Å². The first-order chi connectivity index (χ1) is 9.74. The van der Waals surface area contributed by atoms with Gasteiger partial charge in [-0.2, -0.15) is 0 Å². The van der Waals surface area contributed by atoms with Crippen LogP contribution < -0.4 is 5.32 Å². The second-order valence-electron chi connectivity index (χ2n) is 5.51. The number of benzene rings is 1. The quantitative estimate of drug-likeness (QED) is 0.921. The molecular formula is C15H19FN2O2. The molecule has 2 unspecified atom stereocenters. The highest BCUT2D eigenvalue weighted by atomic mass is 19.1. The molecule has 3 rings (SSSR count). The first-order valence-electron chi connectivity index (χ1n) is 7.12. The summed E-state index contributed by atoms with van der Waals surface area (Å²) in [6.45, 7) is 2.82. The maximum atomic E-state index is 13.2. The van der Waals surface area contributed by atoms with Crippen molar-refractivity contribution in [3.8, 4) is 0 Å². The molecule has 2 aliphatic rings. The Morgan fingerprint density at radius 3 is 3.10 bits per heavy atom. The van der Waals surface area contributed by atoms with Crippen LogP contribution in [0.25, 0.3) is 0 Å². The number of rotatable bonds is 3. The van der Waals surface area contributed by atoms with E-state index in [4.69, 9.17) is 4.74 Å². The zero-order chi connectivity index (χ0) is 13.9. The highest BCUT2D eigenvalue weighted by Gasteiger charge is 2.38. The number of halogens is 1. The van der Waals surface area contributed by atoms with Crippen LogP contribution >= 0.6 is 0 Å². The molecule has 2 saturated heterocycles. The maximum Gasteiger partial charge on any atom is 0.410 e. The maximum absolute atomic E-state index is 13.2. The third-order valence-corrected chi connectivity index (χ3v) is 4.13. The molecular weight excluding hydrogens is 259 g/mol. The summed E-state index contributed by atoms with van der Waals surface area (Å²) in [6.07, 6.45) is 1.95. The predicted molar refractivity (Wildman–Crippen MR) is 72.7 cm³/mol. The molecule has 0 bridgehead atoms. The van der Waals surface area contributed by atoms with Crippen molar-refractivity contribution in [2.24, 2.45) is 5.92 Å². The molecule has 1 aromatic carbocycles. The van der Waals surface area contributed by atoms with Crippen molar-refractivity contribution < 1.29 is 13.9 Å². The summed E-state index contributed by atoms with van der Waals surface area (Å²) < 4.78 is 18.4. The van der Waals surface area contributed by atoms with E-state index < -0.39 is 0 Å². The number of amides is 1. The molecule has 0 aromatic heterocycles. The van der Waals surface area contributed by atoms with Crippen LogP contribution in [0.1, 0.15) is 18.4 Å². The number of ether oxygens (including phenoxy) is 1. The standard InChI is InChI=1S/C15H19FN2O2/c16-13-5-1-3-11(7-13)9-18-14(10-20-15(18)19)12-4-2-6-17-8-12/h1,3,5,7,12,14,17H,2,4,6,8-10H2. The van der Waals surface area contributed by atoms with E-state index in [2.05, 4.69) is 5.32 Å². The lowest BCUT2D eigenvalue weighted by Gasteiger charge is -2.32. The minimum atomic E-state index is -0.287. The Balaban J connectivity index is 1.73. The molecule has 0 radical (unpaired) electrons. The van der Waals surface area contributed by atoms with Crippen molar-refractivity contribution in [1.29, 1.82) is 0 Å². The van der Waals surface area contributed by atoms with E-state index in [0.29, 0.717) is 19.1 Å². The molecule has 2 aliphatic heterocycles. The number of piperidine rings is 1. The SMILES string of the molecule is O=C1OCC(C2CCCNC2)N1Cc1cccc(F)c1. The van der Waals surface area contributed by atoms with E-state index >= 15 is 0 Å². The van der Waals surface area contributed by atoms with Crippen molar-refractivity contribution in [1.82, 2.24) is 10.2 Å². The number of nitrogens with one attached hydrogen (secondary N) is 1. The van der Waals surface area contributed by atoms with E-state index in [9.17, 15) is 9.18 Å². The Hall–Kier alpha value is -1.62. The van der Waals surface area contributed by atoms with Crippen molar-refractivity contribution in [3.63, 3.8) is 0 Å². The largest absolute Gasteiger partial charge is 0.447 e. The second kappa shape index (κ2) is 5.79. The lowest BCUT2D eigenvalue weighted by atomic mass is 9.91. The van der Waals surface area contributed by atoms with Crippen LogP contribution in [0.5, 0.6) is 0 Å². The summed E-state index contributed by atoms with van der Waals surface area (Å²) in [5.41, 5.74) is 0.803. The summed E-state index contributed by atoms with van der Waals surface area (Å²) in [5, 5.41) is 3.37. The zero-order valence-corrected chi connectivity index (χ0v) is 11.3. The molecule has 1 aromatic rings. The molecule has 2 heterocycles. The van der Waals surface area contributed by atoms with Crippen LogP contribution in [0.15, 0.2) is 24.3 Å². The van der Waals surface area contributed by atoms with Gasteiger partial charge in [0.1, 0.15) is 12.4 Å². The van der Waals surface area contributed by atoms with Gasteiger partial charge in [-0.25, -0.2) is 9.18 Å². The first kappa shape index (κ1) is 13.4. The highest BCUT2D eigenvalue weighted by molar-refractivity contribution is 5.70. The molecule has 0 aliphatic carbocycles. The van der Waals surface area contributed by atoms with Crippen LogP contribution in [-0.2, 0) is 11.3 Å². The number of carbonyl (C=O) groups excluding carboxylic acids is 1. The van der Waals surface area contributed by atoms with Crippen LogP contribution in [0.2, 0.25) is 0 Å². The minimum absolute atomic E-state index is 0.0959. The summed E-state index contributed by atoms with van der Waals surface area (Å²) >= 11 is 0. The lowest BCUT2D eigenvalue weighted by molar-refractivity contribution is 0.152. The van der Waals surface area contributed by atoms with Crippen LogP contribution in [0.3, 0.4) is 0 Å². The van der Waals surface area contributed by atoms with Crippen LogP contribution in [-0.4, -0.2) is 36.7 Å². The molecule has 108 valence electrons. The molecule has 5 heteroatoms. The van der Waals surface area contributed by atoms with Gasteiger partial charge in [0.2, 0.25) is 0 Å². The van der Waals surface area contributed by atoms with Crippen molar-refractivity contribution in [2.45, 2.75) is 25.4 Å². The normalized spacial score (nSPS) is 26.6. The third-order valence-electron chi connectivity index (χ3n) is 4.13. The number of cyclic esters (lactones) is 1. The van der Waals surface area contributed by atoms with Gasteiger partial charge in [-0.1, -0.05) is 12.1 Å². The molecule has 1 amide bonds. The number of hydrogen-bond acceptors (Lipinski definition) is 3.